The molecule has 1 N–H and O–H groups in total. The van der Waals surface area contributed by atoms with Gasteiger partial charge in [0.15, 0.2) is 0 Å². The number of anilines is 1. The SMILES string of the molecule is CC(C)c1ccc(NC(=O)CN2CCCCCC2=O)cc1. The Balaban J connectivity index is 1.90. The van der Waals surface area contributed by atoms with E-state index in [1.165, 1.54) is 5.56 Å². The maximum atomic E-state index is 12.1. The molecule has 1 aromatic carbocycles. The van der Waals surface area contributed by atoms with E-state index in [9.17, 15) is 9.59 Å². The van der Waals surface area contributed by atoms with Crippen LogP contribution in [0.3, 0.4) is 0 Å². The van der Waals surface area contributed by atoms with Crippen LogP contribution >= 0.6 is 0 Å². The van der Waals surface area contributed by atoms with E-state index in [0.717, 1.165) is 24.9 Å². The molecule has 0 unspecified atom stereocenters. The lowest BCUT2D eigenvalue weighted by atomic mass is 10.0. The largest absolute Gasteiger partial charge is 0.333 e. The van der Waals surface area contributed by atoms with Gasteiger partial charge >= 0.3 is 0 Å². The smallest absolute Gasteiger partial charge is 0.243 e. The highest BCUT2D eigenvalue weighted by Gasteiger charge is 2.19. The molecular formula is C17H24N2O2. The van der Waals surface area contributed by atoms with Crippen LogP contribution < -0.4 is 5.32 Å². The van der Waals surface area contributed by atoms with Gasteiger partial charge in [0.2, 0.25) is 11.8 Å². The van der Waals surface area contributed by atoms with Crippen molar-refractivity contribution in [1.29, 1.82) is 0 Å². The van der Waals surface area contributed by atoms with E-state index in [-0.39, 0.29) is 18.4 Å². The van der Waals surface area contributed by atoms with E-state index in [4.69, 9.17) is 0 Å². The standard InChI is InChI=1S/C17H24N2O2/c1-13(2)14-7-9-15(10-8-14)18-16(20)12-19-11-5-3-4-6-17(19)21/h7-10,13H,3-6,11-12H2,1-2H3,(H,18,20). The Morgan fingerprint density at radius 1 is 1.19 bits per heavy atom. The Labute approximate surface area is 126 Å². The summed E-state index contributed by atoms with van der Waals surface area (Å²) in [4.78, 5) is 25.6. The molecule has 1 aromatic rings. The molecule has 2 rings (SSSR count). The van der Waals surface area contributed by atoms with Crippen molar-refractivity contribution < 1.29 is 9.59 Å². The van der Waals surface area contributed by atoms with Crippen LogP contribution in [0.4, 0.5) is 5.69 Å². The van der Waals surface area contributed by atoms with Crippen LogP contribution in [0.2, 0.25) is 0 Å². The van der Waals surface area contributed by atoms with Crippen molar-refractivity contribution >= 4 is 17.5 Å². The molecule has 1 saturated heterocycles. The average Bonchev–Trinajstić information content (AvgIpc) is 2.65. The normalized spacial score (nSPS) is 16.0. The summed E-state index contributed by atoms with van der Waals surface area (Å²) in [6.45, 7) is 5.13. The van der Waals surface area contributed by atoms with Crippen LogP contribution in [0.1, 0.15) is 51.0 Å². The van der Waals surface area contributed by atoms with Crippen LogP contribution in [0, 0.1) is 0 Å². The van der Waals surface area contributed by atoms with Gasteiger partial charge < -0.3 is 10.2 Å². The second-order valence-electron chi connectivity index (χ2n) is 5.95. The van der Waals surface area contributed by atoms with Crippen LogP contribution in [-0.4, -0.2) is 29.8 Å². The second-order valence-corrected chi connectivity index (χ2v) is 5.95. The van der Waals surface area contributed by atoms with Crippen molar-refractivity contribution in [3.63, 3.8) is 0 Å². The van der Waals surface area contributed by atoms with Crippen LogP contribution in [0.5, 0.6) is 0 Å². The van der Waals surface area contributed by atoms with E-state index < -0.39 is 0 Å². The Kier molecular flexibility index (Phi) is 5.37. The number of rotatable bonds is 4. The lowest BCUT2D eigenvalue weighted by Crippen LogP contribution is -2.37. The zero-order valence-corrected chi connectivity index (χ0v) is 12.9. The fraction of sp³-hybridized carbons (Fsp3) is 0.529. The summed E-state index contributed by atoms with van der Waals surface area (Å²) in [6.07, 6.45) is 3.56. The molecule has 1 aliphatic heterocycles. The Bertz CT molecular complexity index is 494. The minimum atomic E-state index is -0.123. The summed E-state index contributed by atoms with van der Waals surface area (Å²) in [5, 5.41) is 2.86. The summed E-state index contributed by atoms with van der Waals surface area (Å²) >= 11 is 0. The van der Waals surface area contributed by atoms with Gasteiger partial charge in [0.05, 0.1) is 6.54 Å². The van der Waals surface area contributed by atoms with Gasteiger partial charge in [-0.15, -0.1) is 0 Å². The number of benzene rings is 1. The van der Waals surface area contributed by atoms with Crippen molar-refractivity contribution in [2.45, 2.75) is 45.4 Å². The highest BCUT2D eigenvalue weighted by Crippen LogP contribution is 2.17. The Morgan fingerprint density at radius 2 is 1.90 bits per heavy atom. The first-order valence-corrected chi connectivity index (χ1v) is 7.74. The number of likely N-dealkylation sites (tertiary alicyclic amines) is 1. The monoisotopic (exact) mass is 288 g/mol. The lowest BCUT2D eigenvalue weighted by Gasteiger charge is -2.19. The topological polar surface area (TPSA) is 49.4 Å². The second kappa shape index (κ2) is 7.25. The molecule has 0 bridgehead atoms. The van der Waals surface area contributed by atoms with Gasteiger partial charge in [0, 0.05) is 18.7 Å². The maximum Gasteiger partial charge on any atom is 0.243 e. The third-order valence-electron chi connectivity index (χ3n) is 3.87. The van der Waals surface area contributed by atoms with Crippen molar-refractivity contribution in [2.24, 2.45) is 0 Å². The molecule has 0 atom stereocenters. The molecule has 0 spiro atoms. The minimum Gasteiger partial charge on any atom is -0.333 e. The van der Waals surface area contributed by atoms with E-state index in [0.29, 0.717) is 18.9 Å². The average molecular weight is 288 g/mol. The molecular weight excluding hydrogens is 264 g/mol. The highest BCUT2D eigenvalue weighted by atomic mass is 16.2. The Hall–Kier alpha value is -1.84. The summed E-state index contributed by atoms with van der Waals surface area (Å²) < 4.78 is 0. The van der Waals surface area contributed by atoms with Crippen LogP contribution in [0.25, 0.3) is 0 Å². The van der Waals surface area contributed by atoms with Crippen LogP contribution in [-0.2, 0) is 9.59 Å². The number of nitrogens with one attached hydrogen (secondary N) is 1. The summed E-state index contributed by atoms with van der Waals surface area (Å²) in [7, 11) is 0. The van der Waals surface area contributed by atoms with E-state index >= 15 is 0 Å². The van der Waals surface area contributed by atoms with Crippen LogP contribution in [0.15, 0.2) is 24.3 Å². The third kappa shape index (κ3) is 4.59. The minimum absolute atomic E-state index is 0.0952. The third-order valence-corrected chi connectivity index (χ3v) is 3.87. The number of hydrogen-bond donors (Lipinski definition) is 1. The molecule has 0 saturated carbocycles. The predicted octanol–water partition coefficient (Wildman–Crippen LogP) is 3.15. The molecule has 1 aliphatic rings. The van der Waals surface area contributed by atoms with Crippen molar-refractivity contribution in [3.8, 4) is 0 Å². The van der Waals surface area contributed by atoms with Crippen molar-refractivity contribution in [3.05, 3.63) is 29.8 Å². The number of carbonyl (C=O) groups is 2. The number of carbonyl (C=O) groups excluding carboxylic acids is 2. The first-order valence-electron chi connectivity index (χ1n) is 7.74. The first-order chi connectivity index (χ1) is 10.1. The lowest BCUT2D eigenvalue weighted by molar-refractivity contribution is -0.134. The zero-order chi connectivity index (χ0) is 15.2. The fourth-order valence-corrected chi connectivity index (χ4v) is 2.53. The summed E-state index contributed by atoms with van der Waals surface area (Å²) in [5.41, 5.74) is 2.03. The molecule has 0 aromatic heterocycles. The van der Waals surface area contributed by atoms with Gasteiger partial charge in [-0.2, -0.15) is 0 Å². The molecule has 0 aliphatic carbocycles. The predicted molar refractivity (Wildman–Crippen MR) is 84.2 cm³/mol. The van der Waals surface area contributed by atoms with Gasteiger partial charge in [-0.1, -0.05) is 32.4 Å². The molecule has 4 heteroatoms. The van der Waals surface area contributed by atoms with Gasteiger partial charge in [-0.05, 0) is 36.5 Å². The summed E-state index contributed by atoms with van der Waals surface area (Å²) in [6, 6.07) is 7.88. The number of nitrogens with zero attached hydrogens (tertiary/aromatic N) is 1. The van der Waals surface area contributed by atoms with Gasteiger partial charge in [-0.25, -0.2) is 0 Å². The van der Waals surface area contributed by atoms with E-state index in [1.54, 1.807) is 4.90 Å². The molecule has 1 heterocycles. The van der Waals surface area contributed by atoms with Crippen molar-refractivity contribution in [1.82, 2.24) is 4.90 Å². The highest BCUT2D eigenvalue weighted by molar-refractivity contribution is 5.94. The molecule has 2 amide bonds. The quantitative estimate of drug-likeness (QED) is 0.925. The summed E-state index contributed by atoms with van der Waals surface area (Å²) in [5.74, 6) is 0.449. The van der Waals surface area contributed by atoms with Gasteiger partial charge in [0.1, 0.15) is 0 Å². The maximum absolute atomic E-state index is 12.1. The number of hydrogen-bond acceptors (Lipinski definition) is 2. The zero-order valence-electron chi connectivity index (χ0n) is 12.9. The van der Waals surface area contributed by atoms with E-state index in [2.05, 4.69) is 19.2 Å². The van der Waals surface area contributed by atoms with Gasteiger partial charge in [-0.3, -0.25) is 9.59 Å². The molecule has 21 heavy (non-hydrogen) atoms. The first kappa shape index (κ1) is 15.5. The molecule has 0 radical (unpaired) electrons. The number of amides is 2. The fourth-order valence-electron chi connectivity index (χ4n) is 2.53. The van der Waals surface area contributed by atoms with Gasteiger partial charge in [0.25, 0.3) is 0 Å². The molecule has 114 valence electrons. The Morgan fingerprint density at radius 3 is 2.57 bits per heavy atom. The molecule has 1 fully saturated rings. The van der Waals surface area contributed by atoms with E-state index in [1.807, 2.05) is 24.3 Å². The molecule has 4 nitrogen and oxygen atoms in total. The van der Waals surface area contributed by atoms with Crippen molar-refractivity contribution in [2.75, 3.05) is 18.4 Å².